The molecule has 2 aromatic carbocycles. The maximum atomic E-state index is 12.5. The van der Waals surface area contributed by atoms with Crippen molar-refractivity contribution in [1.82, 2.24) is 14.4 Å². The fourth-order valence-electron chi connectivity index (χ4n) is 3.38. The van der Waals surface area contributed by atoms with Gasteiger partial charge in [0.05, 0.1) is 11.4 Å². The fourth-order valence-corrected chi connectivity index (χ4v) is 4.52. The van der Waals surface area contributed by atoms with E-state index in [1.165, 1.54) is 20.2 Å². The number of rotatable bonds is 10. The van der Waals surface area contributed by atoms with Crippen LogP contribution in [0.15, 0.2) is 64.0 Å². The van der Waals surface area contributed by atoms with Crippen LogP contribution in [-0.2, 0) is 21.2 Å². The van der Waals surface area contributed by atoms with E-state index in [9.17, 15) is 13.2 Å². The summed E-state index contributed by atoms with van der Waals surface area (Å²) in [6, 6.07) is 16.7. The third kappa shape index (κ3) is 6.50. The van der Waals surface area contributed by atoms with Crippen LogP contribution < -0.4 is 5.32 Å². The second kappa shape index (κ2) is 10.7. The molecule has 0 aliphatic rings. The molecule has 33 heavy (non-hydrogen) atoms. The lowest BCUT2D eigenvalue weighted by Crippen LogP contribution is -2.31. The molecule has 0 unspecified atom stereocenters. The highest BCUT2D eigenvalue weighted by molar-refractivity contribution is 7.89. The third-order valence-electron chi connectivity index (χ3n) is 5.24. The van der Waals surface area contributed by atoms with Gasteiger partial charge in [0.15, 0.2) is 0 Å². The van der Waals surface area contributed by atoms with Gasteiger partial charge in [-0.3, -0.25) is 9.69 Å². The van der Waals surface area contributed by atoms with Gasteiger partial charge >= 0.3 is 0 Å². The van der Waals surface area contributed by atoms with Gasteiger partial charge in [-0.2, -0.15) is 0 Å². The molecule has 1 amide bonds. The molecule has 3 aromatic rings. The molecule has 9 heteroatoms. The van der Waals surface area contributed by atoms with Gasteiger partial charge in [0, 0.05) is 37.8 Å². The molecule has 0 atom stereocenters. The quantitative estimate of drug-likeness (QED) is 0.488. The van der Waals surface area contributed by atoms with Gasteiger partial charge < -0.3 is 9.84 Å². The molecule has 3 rings (SSSR count). The zero-order chi connectivity index (χ0) is 24.0. The number of amides is 1. The van der Waals surface area contributed by atoms with Gasteiger partial charge in [-0.15, -0.1) is 0 Å². The van der Waals surface area contributed by atoms with Gasteiger partial charge in [0.1, 0.15) is 11.5 Å². The van der Waals surface area contributed by atoms with Crippen LogP contribution >= 0.6 is 0 Å². The number of carbonyl (C=O) groups excluding carboxylic acids is 1. The highest BCUT2D eigenvalue weighted by Crippen LogP contribution is 2.22. The molecule has 0 saturated heterocycles. The Morgan fingerprint density at radius 2 is 1.79 bits per heavy atom. The predicted octanol–water partition coefficient (Wildman–Crippen LogP) is 3.40. The number of aromatic nitrogens is 1. The Balaban J connectivity index is 1.49. The van der Waals surface area contributed by atoms with Gasteiger partial charge in [-0.05, 0) is 44.6 Å². The first-order chi connectivity index (χ1) is 15.7. The zero-order valence-electron chi connectivity index (χ0n) is 19.4. The number of aryl methyl sites for hydroxylation is 2. The maximum absolute atomic E-state index is 12.5. The van der Waals surface area contributed by atoms with Crippen LogP contribution in [0.2, 0.25) is 0 Å². The molecule has 0 fully saturated rings. The number of carbonyl (C=O) groups is 1. The predicted molar refractivity (Wildman–Crippen MR) is 128 cm³/mol. The number of nitrogens with zero attached hydrogens (tertiary/aromatic N) is 3. The Kier molecular flexibility index (Phi) is 8.01. The van der Waals surface area contributed by atoms with Crippen molar-refractivity contribution in [1.29, 1.82) is 0 Å². The summed E-state index contributed by atoms with van der Waals surface area (Å²) in [6.45, 7) is 2.62. The minimum absolute atomic E-state index is 0.181. The lowest BCUT2D eigenvalue weighted by molar-refractivity contribution is -0.117. The lowest BCUT2D eigenvalue weighted by atomic mass is 10.1. The number of hydrogen-bond donors (Lipinski definition) is 1. The summed E-state index contributed by atoms with van der Waals surface area (Å²) >= 11 is 0. The summed E-state index contributed by atoms with van der Waals surface area (Å²) in [4.78, 5) is 14.5. The van der Waals surface area contributed by atoms with Crippen LogP contribution in [0, 0.1) is 6.92 Å². The first-order valence-electron chi connectivity index (χ1n) is 10.7. The molecule has 0 aliphatic heterocycles. The Morgan fingerprint density at radius 3 is 2.48 bits per heavy atom. The first kappa shape index (κ1) is 24.6. The Labute approximate surface area is 195 Å². The molecule has 0 radical (unpaired) electrons. The Morgan fingerprint density at radius 1 is 1.06 bits per heavy atom. The molecule has 1 aromatic heterocycles. The number of likely N-dealkylation sites (N-methyl/N-ethyl adjacent to an activating group) is 1. The van der Waals surface area contributed by atoms with E-state index >= 15 is 0 Å². The van der Waals surface area contributed by atoms with Crippen molar-refractivity contribution >= 4 is 21.6 Å². The summed E-state index contributed by atoms with van der Waals surface area (Å²) in [5.41, 5.74) is 2.90. The van der Waals surface area contributed by atoms with Crippen molar-refractivity contribution in [3.63, 3.8) is 0 Å². The maximum Gasteiger partial charge on any atom is 0.242 e. The van der Waals surface area contributed by atoms with Crippen LogP contribution in [0.3, 0.4) is 0 Å². The van der Waals surface area contributed by atoms with Gasteiger partial charge in [0.25, 0.3) is 0 Å². The van der Waals surface area contributed by atoms with E-state index in [2.05, 4.69) is 10.5 Å². The highest BCUT2D eigenvalue weighted by Gasteiger charge is 2.20. The second-order valence-corrected chi connectivity index (χ2v) is 10.3. The average Bonchev–Trinajstić information content (AvgIpc) is 3.24. The number of hydrogen-bond acceptors (Lipinski definition) is 6. The topological polar surface area (TPSA) is 95.7 Å². The fraction of sp³-hybridized carbons (Fsp3) is 0.333. The monoisotopic (exact) mass is 470 g/mol. The van der Waals surface area contributed by atoms with Crippen LogP contribution in [0.25, 0.3) is 11.3 Å². The van der Waals surface area contributed by atoms with Crippen LogP contribution in [0.5, 0.6) is 0 Å². The molecule has 0 aliphatic carbocycles. The van der Waals surface area contributed by atoms with Gasteiger partial charge in [0.2, 0.25) is 15.9 Å². The number of nitrogens with one attached hydrogen (secondary N) is 1. The molecule has 0 bridgehead atoms. The van der Waals surface area contributed by atoms with Crippen LogP contribution in [0.1, 0.15) is 17.7 Å². The van der Waals surface area contributed by atoms with Crippen molar-refractivity contribution in [2.45, 2.75) is 24.7 Å². The second-order valence-electron chi connectivity index (χ2n) is 8.20. The van der Waals surface area contributed by atoms with E-state index in [-0.39, 0.29) is 17.3 Å². The van der Waals surface area contributed by atoms with E-state index in [1.54, 1.807) is 19.1 Å². The molecule has 8 nitrogen and oxygen atoms in total. The molecule has 1 N–H and O–H groups in total. The van der Waals surface area contributed by atoms with E-state index in [4.69, 9.17) is 4.52 Å². The van der Waals surface area contributed by atoms with Crippen molar-refractivity contribution in [2.24, 2.45) is 0 Å². The standard InChI is InChI=1S/C24H30N4O4S/c1-18-12-13-20(15-23(18)33(30,31)27(2)3)25-24(29)17-28(4)14-8-11-21-16-22(26-32-21)19-9-6-5-7-10-19/h5-7,9-10,12-13,15-16H,8,11,14,17H2,1-4H3,(H,25,29). The minimum atomic E-state index is -3.59. The van der Waals surface area contributed by atoms with E-state index < -0.39 is 10.0 Å². The number of anilines is 1. The molecular weight excluding hydrogens is 440 g/mol. The minimum Gasteiger partial charge on any atom is -0.361 e. The van der Waals surface area contributed by atoms with Crippen molar-refractivity contribution in [3.05, 3.63) is 65.9 Å². The van der Waals surface area contributed by atoms with Crippen molar-refractivity contribution in [3.8, 4) is 11.3 Å². The summed E-state index contributed by atoms with van der Waals surface area (Å²) in [5, 5.41) is 6.91. The van der Waals surface area contributed by atoms with Gasteiger partial charge in [-0.25, -0.2) is 12.7 Å². The number of benzene rings is 2. The SMILES string of the molecule is Cc1ccc(NC(=O)CN(C)CCCc2cc(-c3ccccc3)no2)cc1S(=O)(=O)N(C)C. The summed E-state index contributed by atoms with van der Waals surface area (Å²) < 4.78 is 31.5. The summed E-state index contributed by atoms with van der Waals surface area (Å²) in [7, 11) is 1.25. The van der Waals surface area contributed by atoms with Crippen LogP contribution in [0.4, 0.5) is 5.69 Å². The smallest absolute Gasteiger partial charge is 0.242 e. The first-order valence-corrected chi connectivity index (χ1v) is 12.1. The average molecular weight is 471 g/mol. The molecule has 0 saturated carbocycles. The Hall–Kier alpha value is -3.01. The molecular formula is C24H30N4O4S. The van der Waals surface area contributed by atoms with Crippen molar-refractivity contribution in [2.75, 3.05) is 39.5 Å². The van der Waals surface area contributed by atoms with E-state index in [0.717, 1.165) is 34.2 Å². The van der Waals surface area contributed by atoms with E-state index in [1.807, 2.05) is 48.3 Å². The summed E-state index contributed by atoms with van der Waals surface area (Å²) in [6.07, 6.45) is 1.53. The van der Waals surface area contributed by atoms with E-state index in [0.29, 0.717) is 17.8 Å². The summed E-state index contributed by atoms with van der Waals surface area (Å²) in [5.74, 6) is 0.599. The molecule has 0 spiro atoms. The lowest BCUT2D eigenvalue weighted by Gasteiger charge is -2.17. The highest BCUT2D eigenvalue weighted by atomic mass is 32.2. The third-order valence-corrected chi connectivity index (χ3v) is 7.19. The largest absolute Gasteiger partial charge is 0.361 e. The molecule has 1 heterocycles. The van der Waals surface area contributed by atoms with Crippen molar-refractivity contribution < 1.29 is 17.7 Å². The number of sulfonamides is 1. The Bertz CT molecular complexity index is 1190. The zero-order valence-corrected chi connectivity index (χ0v) is 20.2. The normalized spacial score (nSPS) is 11.8. The molecule has 176 valence electrons. The van der Waals surface area contributed by atoms with Gasteiger partial charge in [-0.1, -0.05) is 41.6 Å². The van der Waals surface area contributed by atoms with Crippen LogP contribution in [-0.4, -0.2) is 62.9 Å².